The number of aryl methyl sites for hydroxylation is 1. The molecule has 0 saturated heterocycles. The number of anilines is 1. The zero-order chi connectivity index (χ0) is 14.0. The number of hydrogen-bond acceptors (Lipinski definition) is 3. The third-order valence-corrected chi connectivity index (χ3v) is 3.05. The van der Waals surface area contributed by atoms with Crippen LogP contribution in [0.4, 0.5) is 5.88 Å². The Morgan fingerprint density at radius 2 is 2.16 bits per heavy atom. The Bertz CT molecular complexity index is 683. The van der Waals surface area contributed by atoms with Crippen molar-refractivity contribution in [3.8, 4) is 6.07 Å². The van der Waals surface area contributed by atoms with Crippen molar-refractivity contribution in [2.75, 3.05) is 5.32 Å². The number of rotatable bonds is 2. The highest BCUT2D eigenvalue weighted by atomic mass is 35.5. The molecule has 0 radical (unpaired) electrons. The lowest BCUT2D eigenvalue weighted by atomic mass is 10.2. The lowest BCUT2D eigenvalue weighted by molar-refractivity contribution is 0.102. The fourth-order valence-electron chi connectivity index (χ4n) is 1.65. The maximum atomic E-state index is 12.0. The van der Waals surface area contributed by atoms with Crippen LogP contribution in [0.5, 0.6) is 0 Å². The molecule has 5 heteroatoms. The van der Waals surface area contributed by atoms with E-state index in [2.05, 4.69) is 5.32 Å². The van der Waals surface area contributed by atoms with Gasteiger partial charge in [0, 0.05) is 16.1 Å². The predicted octanol–water partition coefficient (Wildman–Crippen LogP) is 3.67. The van der Waals surface area contributed by atoms with Gasteiger partial charge in [0.15, 0.2) is 0 Å². The van der Waals surface area contributed by atoms with Crippen LogP contribution in [0.3, 0.4) is 0 Å². The van der Waals surface area contributed by atoms with Gasteiger partial charge in [-0.25, -0.2) is 0 Å². The molecule has 0 unspecified atom stereocenters. The fraction of sp³-hybridized carbons (Fsp3) is 0.143. The standard InChI is InChI=1S/C14H11ClN2O2/c1-8-9(2)19-14(12(8)7-16)17-13(18)10-4-3-5-11(15)6-10/h3-6H,1-2H3,(H,17,18). The second-order valence-corrected chi connectivity index (χ2v) is 4.50. The molecule has 1 amide bonds. The molecule has 0 bridgehead atoms. The Morgan fingerprint density at radius 1 is 1.42 bits per heavy atom. The molecule has 96 valence electrons. The van der Waals surface area contributed by atoms with Crippen LogP contribution in [-0.4, -0.2) is 5.91 Å². The van der Waals surface area contributed by atoms with Crippen molar-refractivity contribution in [1.29, 1.82) is 5.26 Å². The van der Waals surface area contributed by atoms with Gasteiger partial charge < -0.3 is 4.42 Å². The van der Waals surface area contributed by atoms with Crippen LogP contribution < -0.4 is 5.32 Å². The summed E-state index contributed by atoms with van der Waals surface area (Å²) in [6.45, 7) is 3.51. The number of benzene rings is 1. The van der Waals surface area contributed by atoms with E-state index in [4.69, 9.17) is 21.3 Å². The first-order valence-corrected chi connectivity index (χ1v) is 5.97. The second kappa shape index (κ2) is 5.17. The summed E-state index contributed by atoms with van der Waals surface area (Å²) >= 11 is 5.82. The number of nitriles is 1. The zero-order valence-electron chi connectivity index (χ0n) is 10.5. The van der Waals surface area contributed by atoms with Crippen molar-refractivity contribution >= 4 is 23.4 Å². The van der Waals surface area contributed by atoms with Gasteiger partial charge in [-0.1, -0.05) is 17.7 Å². The quantitative estimate of drug-likeness (QED) is 0.908. The summed E-state index contributed by atoms with van der Waals surface area (Å²) in [6, 6.07) is 8.56. The van der Waals surface area contributed by atoms with Crippen molar-refractivity contribution in [1.82, 2.24) is 0 Å². The summed E-state index contributed by atoms with van der Waals surface area (Å²) < 4.78 is 5.37. The Labute approximate surface area is 115 Å². The number of furan rings is 1. The maximum Gasteiger partial charge on any atom is 0.258 e. The van der Waals surface area contributed by atoms with Gasteiger partial charge in [-0.05, 0) is 32.0 Å². The average molecular weight is 275 g/mol. The highest BCUT2D eigenvalue weighted by Gasteiger charge is 2.17. The molecular weight excluding hydrogens is 264 g/mol. The number of nitrogens with zero attached hydrogens (tertiary/aromatic N) is 1. The molecule has 1 heterocycles. The highest BCUT2D eigenvalue weighted by Crippen LogP contribution is 2.25. The maximum absolute atomic E-state index is 12.0. The van der Waals surface area contributed by atoms with E-state index in [1.165, 1.54) is 0 Å². The van der Waals surface area contributed by atoms with E-state index in [0.29, 0.717) is 21.9 Å². The van der Waals surface area contributed by atoms with Crippen LogP contribution >= 0.6 is 11.6 Å². The first-order valence-electron chi connectivity index (χ1n) is 5.60. The minimum absolute atomic E-state index is 0.169. The van der Waals surface area contributed by atoms with Gasteiger partial charge in [0.1, 0.15) is 17.4 Å². The molecule has 0 saturated carbocycles. The summed E-state index contributed by atoms with van der Waals surface area (Å²) in [5.41, 5.74) is 1.47. The Kier molecular flexibility index (Phi) is 3.59. The molecule has 1 N–H and O–H groups in total. The predicted molar refractivity (Wildman–Crippen MR) is 72.3 cm³/mol. The molecule has 2 aromatic rings. The van der Waals surface area contributed by atoms with E-state index < -0.39 is 0 Å². The fourth-order valence-corrected chi connectivity index (χ4v) is 1.84. The molecule has 0 aliphatic heterocycles. The number of carbonyl (C=O) groups excluding carboxylic acids is 1. The number of amides is 1. The molecule has 0 spiro atoms. The summed E-state index contributed by atoms with van der Waals surface area (Å²) in [5, 5.41) is 12.1. The van der Waals surface area contributed by atoms with E-state index in [9.17, 15) is 4.79 Å². The molecule has 1 aromatic heterocycles. The third-order valence-electron chi connectivity index (χ3n) is 2.81. The van der Waals surface area contributed by atoms with E-state index in [1.807, 2.05) is 6.07 Å². The van der Waals surface area contributed by atoms with Gasteiger partial charge in [0.05, 0.1) is 0 Å². The first kappa shape index (κ1) is 13.2. The summed E-state index contributed by atoms with van der Waals surface area (Å²) in [4.78, 5) is 12.0. The Hall–Kier alpha value is -2.25. The molecule has 2 rings (SSSR count). The Morgan fingerprint density at radius 3 is 2.79 bits per heavy atom. The van der Waals surface area contributed by atoms with Crippen LogP contribution in [0.25, 0.3) is 0 Å². The number of carbonyl (C=O) groups is 1. The minimum atomic E-state index is -0.368. The number of nitrogens with one attached hydrogen (secondary N) is 1. The van der Waals surface area contributed by atoms with E-state index in [0.717, 1.165) is 5.56 Å². The third kappa shape index (κ3) is 2.61. The molecule has 0 atom stereocenters. The van der Waals surface area contributed by atoms with Gasteiger partial charge in [0.25, 0.3) is 5.91 Å². The smallest absolute Gasteiger partial charge is 0.258 e. The van der Waals surface area contributed by atoms with Gasteiger partial charge in [-0.3, -0.25) is 10.1 Å². The minimum Gasteiger partial charge on any atom is -0.444 e. The van der Waals surface area contributed by atoms with Crippen LogP contribution in [-0.2, 0) is 0 Å². The highest BCUT2D eigenvalue weighted by molar-refractivity contribution is 6.31. The lowest BCUT2D eigenvalue weighted by Gasteiger charge is -2.02. The number of halogens is 1. The molecule has 1 aromatic carbocycles. The summed E-state index contributed by atoms with van der Waals surface area (Å²) in [7, 11) is 0. The van der Waals surface area contributed by atoms with Crippen molar-refractivity contribution in [3.05, 3.63) is 51.7 Å². The summed E-state index contributed by atoms with van der Waals surface area (Å²) in [5.74, 6) is 0.410. The molecule has 0 aliphatic carbocycles. The first-order chi connectivity index (χ1) is 9.02. The monoisotopic (exact) mass is 274 g/mol. The van der Waals surface area contributed by atoms with Crippen molar-refractivity contribution in [3.63, 3.8) is 0 Å². The zero-order valence-corrected chi connectivity index (χ0v) is 11.2. The Balaban J connectivity index is 2.30. The van der Waals surface area contributed by atoms with Crippen LogP contribution in [0.15, 0.2) is 28.7 Å². The van der Waals surface area contributed by atoms with Crippen molar-refractivity contribution < 1.29 is 9.21 Å². The molecule has 4 nitrogen and oxygen atoms in total. The van der Waals surface area contributed by atoms with Crippen LogP contribution in [0.1, 0.15) is 27.2 Å². The second-order valence-electron chi connectivity index (χ2n) is 4.06. The molecule has 0 fully saturated rings. The lowest BCUT2D eigenvalue weighted by Crippen LogP contribution is -2.12. The van der Waals surface area contributed by atoms with Crippen molar-refractivity contribution in [2.24, 2.45) is 0 Å². The van der Waals surface area contributed by atoms with Gasteiger partial charge in [0.2, 0.25) is 5.88 Å². The molecule has 0 aliphatic rings. The van der Waals surface area contributed by atoms with Crippen LogP contribution in [0.2, 0.25) is 5.02 Å². The van der Waals surface area contributed by atoms with E-state index in [1.54, 1.807) is 38.1 Å². The van der Waals surface area contributed by atoms with Crippen molar-refractivity contribution in [2.45, 2.75) is 13.8 Å². The van der Waals surface area contributed by atoms with Gasteiger partial charge in [-0.15, -0.1) is 0 Å². The number of hydrogen-bond donors (Lipinski definition) is 1. The largest absolute Gasteiger partial charge is 0.444 e. The molecular formula is C14H11ClN2O2. The topological polar surface area (TPSA) is 66.0 Å². The normalized spacial score (nSPS) is 10.0. The summed E-state index contributed by atoms with van der Waals surface area (Å²) in [6.07, 6.45) is 0. The van der Waals surface area contributed by atoms with E-state index in [-0.39, 0.29) is 11.8 Å². The van der Waals surface area contributed by atoms with E-state index >= 15 is 0 Å². The molecule has 19 heavy (non-hydrogen) atoms. The van der Waals surface area contributed by atoms with Gasteiger partial charge >= 0.3 is 0 Å². The average Bonchev–Trinajstić information content (AvgIpc) is 2.64. The van der Waals surface area contributed by atoms with Gasteiger partial charge in [-0.2, -0.15) is 5.26 Å². The van der Waals surface area contributed by atoms with Crippen LogP contribution in [0, 0.1) is 25.2 Å². The SMILES string of the molecule is Cc1oc(NC(=O)c2cccc(Cl)c2)c(C#N)c1C.